The molecule has 0 aromatic carbocycles. The van der Waals surface area contributed by atoms with Crippen LogP contribution in [0.3, 0.4) is 0 Å². The lowest BCUT2D eigenvalue weighted by Gasteiger charge is -2.49. The van der Waals surface area contributed by atoms with Crippen LogP contribution in [0, 0.1) is 22.7 Å². The van der Waals surface area contributed by atoms with Gasteiger partial charge in [0.05, 0.1) is 12.1 Å². The third-order valence-electron chi connectivity index (χ3n) is 3.02. The lowest BCUT2D eigenvalue weighted by molar-refractivity contribution is -0.892. The van der Waals surface area contributed by atoms with Crippen molar-refractivity contribution in [3.05, 3.63) is 0 Å². The second kappa shape index (κ2) is 5.08. The van der Waals surface area contributed by atoms with Gasteiger partial charge in [0, 0.05) is 6.92 Å². The molecule has 0 aromatic rings. The number of hydrogen-bond donors (Lipinski definition) is 2. The minimum absolute atomic E-state index is 0.231. The van der Waals surface area contributed by atoms with Crippen molar-refractivity contribution in [2.45, 2.75) is 52.2 Å². The molecule has 0 bridgehead atoms. The van der Waals surface area contributed by atoms with Gasteiger partial charge in [-0.25, -0.2) is 4.25 Å². The van der Waals surface area contributed by atoms with E-state index in [-0.39, 0.29) is 16.3 Å². The molecule has 0 aliphatic rings. The summed E-state index contributed by atoms with van der Waals surface area (Å²) >= 11 is 0. The Morgan fingerprint density at radius 2 is 1.38 bits per heavy atom. The van der Waals surface area contributed by atoms with Crippen LogP contribution in [0.25, 0.3) is 0 Å². The first-order valence-electron chi connectivity index (χ1n) is 5.10. The van der Waals surface area contributed by atoms with E-state index in [2.05, 4.69) is 0 Å². The van der Waals surface area contributed by atoms with Crippen LogP contribution in [0.15, 0.2) is 0 Å². The van der Waals surface area contributed by atoms with E-state index in [1.807, 2.05) is 12.1 Å². The second-order valence-corrected chi connectivity index (χ2v) is 5.69. The van der Waals surface area contributed by atoms with Crippen molar-refractivity contribution in [1.82, 2.24) is 0 Å². The fourth-order valence-corrected chi connectivity index (χ4v) is 3.68. The van der Waals surface area contributed by atoms with Crippen molar-refractivity contribution < 1.29 is 14.0 Å². The third-order valence-corrected chi connectivity index (χ3v) is 4.94. The van der Waals surface area contributed by atoms with Gasteiger partial charge in [-0.1, -0.05) is 0 Å². The number of nitriles is 2. The van der Waals surface area contributed by atoms with Crippen LogP contribution in [0.5, 0.6) is 0 Å². The van der Waals surface area contributed by atoms with Crippen molar-refractivity contribution in [3.63, 3.8) is 0 Å². The van der Waals surface area contributed by atoms with Crippen LogP contribution in [-0.4, -0.2) is 31.7 Å². The van der Waals surface area contributed by atoms with Crippen LogP contribution in [0.2, 0.25) is 0 Å². The second-order valence-electron chi connectivity index (χ2n) is 4.49. The van der Waals surface area contributed by atoms with Crippen LogP contribution in [0.4, 0.5) is 0 Å². The molecule has 90 valence electrons. The van der Waals surface area contributed by atoms with E-state index in [1.165, 1.54) is 6.92 Å². The summed E-state index contributed by atoms with van der Waals surface area (Å²) in [6, 6.07) is 3.38. The lowest BCUT2D eigenvalue weighted by Crippen LogP contribution is -2.65. The van der Waals surface area contributed by atoms with Gasteiger partial charge >= 0.3 is 8.53 Å². The highest BCUT2D eigenvalue weighted by atomic mass is 31.2. The molecule has 0 radical (unpaired) electrons. The number of rotatable bonds is 4. The van der Waals surface area contributed by atoms with Gasteiger partial charge in [-0.2, -0.15) is 10.5 Å². The van der Waals surface area contributed by atoms with Gasteiger partial charge in [0.2, 0.25) is 0 Å². The molecular formula is C10H19N3O2P+. The first-order chi connectivity index (χ1) is 7.20. The summed E-state index contributed by atoms with van der Waals surface area (Å²) in [6.45, 7) is 8.60. The van der Waals surface area contributed by atoms with E-state index >= 15 is 0 Å². The molecule has 0 heterocycles. The molecule has 0 saturated heterocycles. The van der Waals surface area contributed by atoms with Crippen LogP contribution >= 0.6 is 8.53 Å². The average Bonchev–Trinajstić information content (AvgIpc) is 2.16. The Kier molecular flexibility index (Phi) is 4.85. The molecule has 0 spiro atoms. The monoisotopic (exact) mass is 244 g/mol. The summed E-state index contributed by atoms with van der Waals surface area (Å²) < 4.78 is -0.310. The fourth-order valence-electron chi connectivity index (χ4n) is 2.41. The van der Waals surface area contributed by atoms with E-state index in [0.29, 0.717) is 0 Å². The molecule has 0 aliphatic carbocycles. The zero-order valence-electron chi connectivity index (χ0n) is 10.3. The van der Waals surface area contributed by atoms with Crippen LogP contribution in [-0.2, 0) is 0 Å². The molecular weight excluding hydrogens is 225 g/mol. The molecule has 0 rings (SSSR count). The fraction of sp³-hybridized carbons (Fsp3) is 0.800. The van der Waals surface area contributed by atoms with E-state index in [0.717, 1.165) is 0 Å². The SMILES string of the molecule is CC(C)[N+](C(C)C)(P(O)O)C(C)(C#N)C#N. The predicted molar refractivity (Wildman–Crippen MR) is 61.5 cm³/mol. The van der Waals surface area contributed by atoms with E-state index in [1.54, 1.807) is 27.7 Å². The summed E-state index contributed by atoms with van der Waals surface area (Å²) in [6.07, 6.45) is 0. The Balaban J connectivity index is 5.95. The molecule has 16 heavy (non-hydrogen) atoms. The number of nitrogens with zero attached hydrogens (tertiary/aromatic N) is 3. The number of hydrogen-bond acceptors (Lipinski definition) is 4. The lowest BCUT2D eigenvalue weighted by atomic mass is 9.99. The van der Waals surface area contributed by atoms with Gasteiger partial charge in [0.15, 0.2) is 0 Å². The molecule has 2 N–H and O–H groups in total. The minimum atomic E-state index is -2.43. The largest absolute Gasteiger partial charge is 0.415 e. The zero-order valence-corrected chi connectivity index (χ0v) is 11.2. The van der Waals surface area contributed by atoms with Crippen LogP contribution < -0.4 is 0 Å². The van der Waals surface area contributed by atoms with E-state index < -0.39 is 14.1 Å². The highest BCUT2D eigenvalue weighted by Crippen LogP contribution is 2.51. The van der Waals surface area contributed by atoms with Crippen molar-refractivity contribution in [2.24, 2.45) is 0 Å². The first-order valence-corrected chi connectivity index (χ1v) is 6.30. The van der Waals surface area contributed by atoms with Gasteiger partial charge < -0.3 is 9.79 Å². The Hall–Kier alpha value is -0.710. The number of quaternary nitrogens is 1. The van der Waals surface area contributed by atoms with Crippen molar-refractivity contribution in [1.29, 1.82) is 10.5 Å². The molecule has 0 aliphatic heterocycles. The van der Waals surface area contributed by atoms with Crippen molar-refractivity contribution in [3.8, 4) is 12.1 Å². The normalized spacial score (nSPS) is 13.0. The molecule has 0 unspecified atom stereocenters. The summed E-state index contributed by atoms with van der Waals surface area (Å²) in [5.74, 6) is 0. The van der Waals surface area contributed by atoms with Crippen LogP contribution in [0.1, 0.15) is 34.6 Å². The van der Waals surface area contributed by atoms with Crippen molar-refractivity contribution >= 4 is 8.53 Å². The molecule has 6 heteroatoms. The maximum Gasteiger partial charge on any atom is 0.415 e. The highest BCUT2D eigenvalue weighted by molar-refractivity contribution is 7.38. The highest BCUT2D eigenvalue weighted by Gasteiger charge is 2.58. The van der Waals surface area contributed by atoms with Gasteiger partial charge in [-0.15, -0.1) is 0 Å². The quantitative estimate of drug-likeness (QED) is 0.736. The molecule has 0 amide bonds. The summed E-state index contributed by atoms with van der Waals surface area (Å²) in [4.78, 5) is 19.4. The predicted octanol–water partition coefficient (Wildman–Crippen LogP) is 1.64. The maximum absolute atomic E-state index is 9.69. The molecule has 5 nitrogen and oxygen atoms in total. The Bertz CT molecular complexity index is 292. The van der Waals surface area contributed by atoms with Gasteiger partial charge in [0.25, 0.3) is 5.54 Å². The third kappa shape index (κ3) is 1.93. The Morgan fingerprint density at radius 1 is 1.06 bits per heavy atom. The average molecular weight is 244 g/mol. The van der Waals surface area contributed by atoms with E-state index in [9.17, 15) is 9.79 Å². The molecule has 0 atom stereocenters. The Labute approximate surface area is 98.1 Å². The summed E-state index contributed by atoms with van der Waals surface area (Å²) in [7, 11) is -2.43. The first kappa shape index (κ1) is 15.3. The van der Waals surface area contributed by atoms with Crippen molar-refractivity contribution in [2.75, 3.05) is 0 Å². The maximum atomic E-state index is 9.69. The molecule has 0 saturated carbocycles. The summed E-state index contributed by atoms with van der Waals surface area (Å²) in [5, 5.41) is 18.3. The zero-order chi connectivity index (χ0) is 13.1. The van der Waals surface area contributed by atoms with Gasteiger partial charge in [0.1, 0.15) is 12.1 Å². The Morgan fingerprint density at radius 3 is 1.44 bits per heavy atom. The van der Waals surface area contributed by atoms with E-state index in [4.69, 9.17) is 10.5 Å². The minimum Gasteiger partial charge on any atom is -0.303 e. The molecule has 0 fully saturated rings. The molecule has 0 aromatic heterocycles. The van der Waals surface area contributed by atoms with Gasteiger partial charge in [-0.3, -0.25) is 0 Å². The topological polar surface area (TPSA) is 88.0 Å². The smallest absolute Gasteiger partial charge is 0.303 e. The van der Waals surface area contributed by atoms with Gasteiger partial charge in [-0.05, 0) is 27.7 Å². The standard InChI is InChI=1S/C10H19N3O2P/c1-8(2)13(9(3)4,16(14)15)10(5,6-11)7-12/h8-9,14-15H,1-5H3/q+1. The summed E-state index contributed by atoms with van der Waals surface area (Å²) in [5.41, 5.74) is -1.46.